The van der Waals surface area contributed by atoms with Crippen LogP contribution in [0.3, 0.4) is 0 Å². The summed E-state index contributed by atoms with van der Waals surface area (Å²) < 4.78 is 11.0. The summed E-state index contributed by atoms with van der Waals surface area (Å²) in [6.07, 6.45) is 0.171. The highest BCUT2D eigenvalue weighted by atomic mass is 16.5. The number of ether oxygens (including phenoxy) is 2. The van der Waals surface area contributed by atoms with E-state index in [2.05, 4.69) is 5.32 Å². The van der Waals surface area contributed by atoms with Crippen molar-refractivity contribution in [1.29, 1.82) is 0 Å². The fourth-order valence-electron chi connectivity index (χ4n) is 1.87. The third-order valence-corrected chi connectivity index (χ3v) is 2.81. The van der Waals surface area contributed by atoms with Crippen LogP contribution in [0.2, 0.25) is 0 Å². The molecule has 2 atom stereocenters. The number of hydrogen-bond acceptors (Lipinski definition) is 4. The van der Waals surface area contributed by atoms with Gasteiger partial charge in [0, 0.05) is 12.6 Å². The Hall–Kier alpha value is -1.75. The number of nitrogens with two attached hydrogens (primary N) is 1. The van der Waals surface area contributed by atoms with Crippen molar-refractivity contribution in [2.75, 3.05) is 13.7 Å². The summed E-state index contributed by atoms with van der Waals surface area (Å²) in [5, 5.41) is 2.73. The lowest BCUT2D eigenvalue weighted by molar-refractivity contribution is -0.127. The van der Waals surface area contributed by atoms with Gasteiger partial charge < -0.3 is 20.5 Å². The maximum absolute atomic E-state index is 11.7. The summed E-state index contributed by atoms with van der Waals surface area (Å²) in [7, 11) is 1.57. The number of amides is 1. The second-order valence-corrected chi connectivity index (χ2v) is 4.82. The Balaban J connectivity index is 2.87. The van der Waals surface area contributed by atoms with E-state index in [-0.39, 0.29) is 11.9 Å². The predicted molar refractivity (Wildman–Crippen MR) is 79.1 cm³/mol. The molecule has 0 radical (unpaired) electrons. The van der Waals surface area contributed by atoms with Gasteiger partial charge in [-0.2, -0.15) is 0 Å². The molecule has 3 N–H and O–H groups in total. The molecule has 0 spiro atoms. The maximum Gasteiger partial charge on any atom is 0.260 e. The second kappa shape index (κ2) is 7.75. The minimum atomic E-state index is -0.575. The van der Waals surface area contributed by atoms with Crippen LogP contribution in [0.1, 0.15) is 26.3 Å². The molecule has 1 aromatic rings. The Morgan fingerprint density at radius 1 is 1.35 bits per heavy atom. The number of carbonyl (C=O) groups excluding carboxylic acids is 1. The van der Waals surface area contributed by atoms with Gasteiger partial charge >= 0.3 is 0 Å². The van der Waals surface area contributed by atoms with Crippen LogP contribution in [0.4, 0.5) is 0 Å². The van der Waals surface area contributed by atoms with Crippen LogP contribution in [0.25, 0.3) is 0 Å². The molecule has 0 aliphatic carbocycles. The standard InChI is InChI=1S/C15H24N2O3/c1-5-17-15(18)11(3)20-14-9-12(8-10(2)16)6-7-13(14)19-4/h6-7,9-11H,5,8,16H2,1-4H3,(H,17,18). The zero-order chi connectivity index (χ0) is 15.1. The second-order valence-electron chi connectivity index (χ2n) is 4.82. The Morgan fingerprint density at radius 2 is 2.05 bits per heavy atom. The molecular formula is C15H24N2O3. The van der Waals surface area contributed by atoms with Crippen molar-refractivity contribution in [3.8, 4) is 11.5 Å². The first-order chi connectivity index (χ1) is 9.47. The van der Waals surface area contributed by atoms with Gasteiger partial charge in [0.25, 0.3) is 5.91 Å². The number of carbonyl (C=O) groups is 1. The molecule has 0 saturated carbocycles. The third-order valence-electron chi connectivity index (χ3n) is 2.81. The van der Waals surface area contributed by atoms with E-state index in [1.807, 2.05) is 32.0 Å². The Labute approximate surface area is 120 Å². The van der Waals surface area contributed by atoms with E-state index in [1.54, 1.807) is 14.0 Å². The number of hydrogen-bond donors (Lipinski definition) is 2. The van der Waals surface area contributed by atoms with Crippen molar-refractivity contribution in [1.82, 2.24) is 5.32 Å². The molecule has 1 rings (SSSR count). The van der Waals surface area contributed by atoms with Crippen molar-refractivity contribution in [3.05, 3.63) is 23.8 Å². The van der Waals surface area contributed by atoms with Crippen LogP contribution in [0, 0.1) is 0 Å². The number of nitrogens with one attached hydrogen (secondary N) is 1. The molecule has 1 aromatic carbocycles. The lowest BCUT2D eigenvalue weighted by atomic mass is 10.1. The fraction of sp³-hybridized carbons (Fsp3) is 0.533. The van der Waals surface area contributed by atoms with E-state index in [1.165, 1.54) is 0 Å². The molecule has 0 saturated heterocycles. The molecule has 0 fully saturated rings. The van der Waals surface area contributed by atoms with E-state index in [9.17, 15) is 4.79 Å². The van der Waals surface area contributed by atoms with Gasteiger partial charge in [0.2, 0.25) is 0 Å². The van der Waals surface area contributed by atoms with Crippen LogP contribution in [-0.4, -0.2) is 31.7 Å². The first kappa shape index (κ1) is 16.3. The molecule has 0 bridgehead atoms. The first-order valence-electron chi connectivity index (χ1n) is 6.84. The van der Waals surface area contributed by atoms with Crippen molar-refractivity contribution in [3.63, 3.8) is 0 Å². The van der Waals surface area contributed by atoms with Crippen molar-refractivity contribution in [2.45, 2.75) is 39.3 Å². The number of benzene rings is 1. The molecule has 0 aromatic heterocycles. The van der Waals surface area contributed by atoms with Crippen LogP contribution in [0.5, 0.6) is 11.5 Å². The largest absolute Gasteiger partial charge is 0.493 e. The topological polar surface area (TPSA) is 73.6 Å². The SMILES string of the molecule is CCNC(=O)C(C)Oc1cc(CC(C)N)ccc1OC. The summed E-state index contributed by atoms with van der Waals surface area (Å²) in [5.74, 6) is 1.02. The highest BCUT2D eigenvalue weighted by Gasteiger charge is 2.16. The van der Waals surface area contributed by atoms with E-state index < -0.39 is 6.10 Å². The van der Waals surface area contributed by atoms with Gasteiger partial charge in [-0.15, -0.1) is 0 Å². The number of methoxy groups -OCH3 is 1. The lowest BCUT2D eigenvalue weighted by Crippen LogP contribution is -2.36. The van der Waals surface area contributed by atoms with Crippen LogP contribution in [0.15, 0.2) is 18.2 Å². The average Bonchev–Trinajstić information content (AvgIpc) is 2.38. The normalized spacial score (nSPS) is 13.4. The molecule has 2 unspecified atom stereocenters. The van der Waals surface area contributed by atoms with Crippen molar-refractivity contribution < 1.29 is 14.3 Å². The quantitative estimate of drug-likeness (QED) is 0.793. The molecule has 5 heteroatoms. The van der Waals surface area contributed by atoms with Crippen LogP contribution >= 0.6 is 0 Å². The summed E-state index contributed by atoms with van der Waals surface area (Å²) in [4.78, 5) is 11.7. The van der Waals surface area contributed by atoms with Gasteiger partial charge in [0.05, 0.1) is 7.11 Å². The van der Waals surface area contributed by atoms with Gasteiger partial charge in [-0.3, -0.25) is 4.79 Å². The average molecular weight is 280 g/mol. The summed E-state index contributed by atoms with van der Waals surface area (Å²) >= 11 is 0. The molecule has 1 amide bonds. The highest BCUT2D eigenvalue weighted by Crippen LogP contribution is 2.29. The molecule has 5 nitrogen and oxygen atoms in total. The van der Waals surface area contributed by atoms with E-state index in [4.69, 9.17) is 15.2 Å². The van der Waals surface area contributed by atoms with Gasteiger partial charge in [-0.25, -0.2) is 0 Å². The summed E-state index contributed by atoms with van der Waals surface area (Å²) in [5.41, 5.74) is 6.85. The smallest absolute Gasteiger partial charge is 0.260 e. The minimum Gasteiger partial charge on any atom is -0.493 e. The monoisotopic (exact) mass is 280 g/mol. The molecular weight excluding hydrogens is 256 g/mol. The number of likely N-dealkylation sites (N-methyl/N-ethyl adjacent to an activating group) is 1. The Bertz CT molecular complexity index is 447. The minimum absolute atomic E-state index is 0.0667. The van der Waals surface area contributed by atoms with E-state index >= 15 is 0 Å². The van der Waals surface area contributed by atoms with Gasteiger partial charge in [-0.1, -0.05) is 6.07 Å². The molecule has 112 valence electrons. The molecule has 0 heterocycles. The zero-order valence-electron chi connectivity index (χ0n) is 12.6. The molecule has 0 aliphatic heterocycles. The highest BCUT2D eigenvalue weighted by molar-refractivity contribution is 5.80. The zero-order valence-corrected chi connectivity index (χ0v) is 12.6. The molecule has 20 heavy (non-hydrogen) atoms. The van der Waals surface area contributed by atoms with Crippen LogP contribution < -0.4 is 20.5 Å². The maximum atomic E-state index is 11.7. The van der Waals surface area contributed by atoms with Gasteiger partial charge in [0.1, 0.15) is 0 Å². The van der Waals surface area contributed by atoms with Gasteiger partial charge in [-0.05, 0) is 44.9 Å². The van der Waals surface area contributed by atoms with Crippen LogP contribution in [-0.2, 0) is 11.2 Å². The Morgan fingerprint density at radius 3 is 2.60 bits per heavy atom. The summed E-state index contributed by atoms with van der Waals surface area (Å²) in [6, 6.07) is 5.72. The summed E-state index contributed by atoms with van der Waals surface area (Å²) in [6.45, 7) is 6.10. The fourth-order valence-corrected chi connectivity index (χ4v) is 1.87. The van der Waals surface area contributed by atoms with Crippen molar-refractivity contribution >= 4 is 5.91 Å². The predicted octanol–water partition coefficient (Wildman–Crippen LogP) is 1.49. The number of rotatable bonds is 7. The molecule has 0 aliphatic rings. The lowest BCUT2D eigenvalue weighted by Gasteiger charge is -2.17. The Kier molecular flexibility index (Phi) is 6.31. The third kappa shape index (κ3) is 4.74. The van der Waals surface area contributed by atoms with Gasteiger partial charge in [0.15, 0.2) is 17.6 Å². The van der Waals surface area contributed by atoms with E-state index in [0.29, 0.717) is 18.0 Å². The first-order valence-corrected chi connectivity index (χ1v) is 6.84. The van der Waals surface area contributed by atoms with E-state index in [0.717, 1.165) is 12.0 Å². The van der Waals surface area contributed by atoms with Crippen molar-refractivity contribution in [2.24, 2.45) is 5.73 Å².